The molecule has 13 heavy (non-hydrogen) atoms. The van der Waals surface area contributed by atoms with Crippen molar-refractivity contribution in [1.29, 1.82) is 0 Å². The summed E-state index contributed by atoms with van der Waals surface area (Å²) in [6.07, 6.45) is 2.00. The van der Waals surface area contributed by atoms with Gasteiger partial charge in [0, 0.05) is 13.5 Å². The van der Waals surface area contributed by atoms with Gasteiger partial charge in [-0.15, -0.1) is 0 Å². The highest BCUT2D eigenvalue weighted by Gasteiger charge is 2.55. The molecule has 0 unspecified atom stereocenters. The van der Waals surface area contributed by atoms with Crippen molar-refractivity contribution in [3.63, 3.8) is 0 Å². The van der Waals surface area contributed by atoms with Crippen LogP contribution in [0.25, 0.3) is 0 Å². The minimum atomic E-state index is -0.865. The van der Waals surface area contributed by atoms with E-state index in [-0.39, 0.29) is 5.91 Å². The lowest BCUT2D eigenvalue weighted by Gasteiger charge is -2.27. The Balaban J connectivity index is 2.75. The fourth-order valence-electron chi connectivity index (χ4n) is 1.61. The summed E-state index contributed by atoms with van der Waals surface area (Å²) in [5.74, 6) is -1.00. The Labute approximate surface area is 77.5 Å². The van der Waals surface area contributed by atoms with Crippen molar-refractivity contribution in [2.75, 3.05) is 6.54 Å². The van der Waals surface area contributed by atoms with E-state index in [1.54, 1.807) is 0 Å². The Morgan fingerprint density at radius 2 is 2.00 bits per heavy atom. The summed E-state index contributed by atoms with van der Waals surface area (Å²) in [7, 11) is 0. The average molecular weight is 185 g/mol. The molecule has 74 valence electrons. The van der Waals surface area contributed by atoms with E-state index in [9.17, 15) is 9.59 Å². The van der Waals surface area contributed by atoms with Crippen LogP contribution in [0, 0.1) is 0 Å². The molecule has 0 aliphatic heterocycles. The molecule has 1 N–H and O–H groups in total. The predicted octanol–water partition coefficient (Wildman–Crippen LogP) is 0.862. The first-order chi connectivity index (χ1) is 6.04. The Morgan fingerprint density at radius 3 is 2.23 bits per heavy atom. The molecule has 1 aliphatic rings. The molecule has 0 heterocycles. The number of carbonyl (C=O) groups is 2. The van der Waals surface area contributed by atoms with Crippen molar-refractivity contribution < 1.29 is 14.7 Å². The number of rotatable bonds is 4. The van der Waals surface area contributed by atoms with Gasteiger partial charge in [-0.3, -0.25) is 4.79 Å². The lowest BCUT2D eigenvalue weighted by molar-refractivity contribution is -0.151. The van der Waals surface area contributed by atoms with Crippen molar-refractivity contribution in [3.05, 3.63) is 0 Å². The Kier molecular flexibility index (Phi) is 2.59. The first kappa shape index (κ1) is 10.0. The van der Waals surface area contributed by atoms with Gasteiger partial charge >= 0.3 is 5.97 Å². The first-order valence-electron chi connectivity index (χ1n) is 4.56. The molecule has 0 atom stereocenters. The van der Waals surface area contributed by atoms with Gasteiger partial charge in [0.25, 0.3) is 0 Å². The summed E-state index contributed by atoms with van der Waals surface area (Å²) in [6, 6.07) is 0. The fraction of sp³-hybridized carbons (Fsp3) is 0.778. The second kappa shape index (κ2) is 3.36. The van der Waals surface area contributed by atoms with E-state index < -0.39 is 11.5 Å². The van der Waals surface area contributed by atoms with E-state index in [1.165, 1.54) is 11.8 Å². The quantitative estimate of drug-likeness (QED) is 0.706. The van der Waals surface area contributed by atoms with Crippen molar-refractivity contribution in [2.45, 2.75) is 38.6 Å². The molecule has 0 spiro atoms. The van der Waals surface area contributed by atoms with Crippen LogP contribution in [-0.4, -0.2) is 34.0 Å². The van der Waals surface area contributed by atoms with E-state index in [4.69, 9.17) is 5.11 Å². The summed E-state index contributed by atoms with van der Waals surface area (Å²) < 4.78 is 0. The molecule has 1 rings (SSSR count). The molecule has 0 aromatic carbocycles. The van der Waals surface area contributed by atoms with Gasteiger partial charge in [0.2, 0.25) is 5.91 Å². The van der Waals surface area contributed by atoms with E-state index in [0.29, 0.717) is 19.4 Å². The van der Waals surface area contributed by atoms with Crippen LogP contribution in [0.1, 0.15) is 33.1 Å². The Hall–Kier alpha value is -1.06. The maximum atomic E-state index is 11.2. The number of aliphatic carboxylic acids is 1. The standard InChI is InChI=1S/C9H15NO3/c1-3-6-10(7(2)11)9(4-5-9)8(12)13/h3-6H2,1-2H3,(H,12,13). The highest BCUT2D eigenvalue weighted by molar-refractivity contribution is 5.88. The van der Waals surface area contributed by atoms with Gasteiger partial charge < -0.3 is 10.0 Å². The van der Waals surface area contributed by atoms with Crippen LogP contribution in [-0.2, 0) is 9.59 Å². The SMILES string of the molecule is CCCN(C(C)=O)C1(C(=O)O)CC1. The zero-order valence-electron chi connectivity index (χ0n) is 8.04. The largest absolute Gasteiger partial charge is 0.479 e. The molecule has 0 aromatic heterocycles. The van der Waals surface area contributed by atoms with Crippen LogP contribution < -0.4 is 0 Å². The molecule has 4 nitrogen and oxygen atoms in total. The zero-order valence-corrected chi connectivity index (χ0v) is 8.04. The average Bonchev–Trinajstić information content (AvgIpc) is 2.79. The summed E-state index contributed by atoms with van der Waals surface area (Å²) >= 11 is 0. The highest BCUT2D eigenvalue weighted by atomic mass is 16.4. The predicted molar refractivity (Wildman–Crippen MR) is 47.3 cm³/mol. The molecule has 1 fully saturated rings. The number of hydrogen-bond donors (Lipinski definition) is 1. The van der Waals surface area contributed by atoms with Gasteiger partial charge in [0.1, 0.15) is 5.54 Å². The summed E-state index contributed by atoms with van der Waals surface area (Å²) in [5, 5.41) is 8.96. The molecule has 4 heteroatoms. The monoisotopic (exact) mass is 185 g/mol. The number of amides is 1. The molecule has 0 saturated heterocycles. The number of nitrogens with zero attached hydrogens (tertiary/aromatic N) is 1. The van der Waals surface area contributed by atoms with Gasteiger partial charge in [-0.25, -0.2) is 4.79 Å². The summed E-state index contributed by atoms with van der Waals surface area (Å²) in [4.78, 5) is 23.6. The van der Waals surface area contributed by atoms with Crippen LogP contribution in [0.4, 0.5) is 0 Å². The van der Waals surface area contributed by atoms with Gasteiger partial charge in [0.15, 0.2) is 0 Å². The zero-order chi connectivity index (χ0) is 10.1. The van der Waals surface area contributed by atoms with Gasteiger partial charge in [-0.2, -0.15) is 0 Å². The third kappa shape index (κ3) is 1.66. The van der Waals surface area contributed by atoms with Gasteiger partial charge in [-0.1, -0.05) is 6.92 Å². The number of carboxylic acids is 1. The molecule has 0 bridgehead atoms. The van der Waals surface area contributed by atoms with E-state index in [1.807, 2.05) is 6.92 Å². The van der Waals surface area contributed by atoms with E-state index >= 15 is 0 Å². The second-order valence-corrected chi connectivity index (χ2v) is 3.51. The summed E-state index contributed by atoms with van der Waals surface area (Å²) in [5.41, 5.74) is -0.859. The molecule has 0 radical (unpaired) electrons. The normalized spacial score (nSPS) is 18.0. The van der Waals surface area contributed by atoms with Gasteiger partial charge in [0.05, 0.1) is 0 Å². The third-order valence-corrected chi connectivity index (χ3v) is 2.47. The molecular formula is C9H15NO3. The van der Waals surface area contributed by atoms with Crippen LogP contribution >= 0.6 is 0 Å². The molecule has 1 saturated carbocycles. The maximum Gasteiger partial charge on any atom is 0.329 e. The topological polar surface area (TPSA) is 57.6 Å². The highest BCUT2D eigenvalue weighted by Crippen LogP contribution is 2.42. The minimum absolute atomic E-state index is 0.137. The van der Waals surface area contributed by atoms with Crippen molar-refractivity contribution in [3.8, 4) is 0 Å². The number of carboxylic acid groups (broad SMARTS) is 1. The molecule has 1 amide bonds. The van der Waals surface area contributed by atoms with E-state index in [2.05, 4.69) is 0 Å². The van der Waals surface area contributed by atoms with Crippen LogP contribution in [0.5, 0.6) is 0 Å². The van der Waals surface area contributed by atoms with Crippen molar-refractivity contribution in [1.82, 2.24) is 4.90 Å². The Bertz CT molecular complexity index is 233. The molecule has 0 aromatic rings. The van der Waals surface area contributed by atoms with Gasteiger partial charge in [-0.05, 0) is 19.3 Å². The van der Waals surface area contributed by atoms with E-state index in [0.717, 1.165) is 6.42 Å². The molecule has 1 aliphatic carbocycles. The van der Waals surface area contributed by atoms with Crippen molar-refractivity contribution in [2.24, 2.45) is 0 Å². The van der Waals surface area contributed by atoms with Crippen LogP contribution in [0.3, 0.4) is 0 Å². The van der Waals surface area contributed by atoms with Crippen LogP contribution in [0.2, 0.25) is 0 Å². The lowest BCUT2D eigenvalue weighted by Crippen LogP contribution is -2.46. The minimum Gasteiger partial charge on any atom is -0.479 e. The second-order valence-electron chi connectivity index (χ2n) is 3.51. The van der Waals surface area contributed by atoms with Crippen LogP contribution in [0.15, 0.2) is 0 Å². The summed E-state index contributed by atoms with van der Waals surface area (Å²) in [6.45, 7) is 3.91. The number of hydrogen-bond acceptors (Lipinski definition) is 2. The molecular weight excluding hydrogens is 170 g/mol. The fourth-order valence-corrected chi connectivity index (χ4v) is 1.61. The number of carbonyl (C=O) groups excluding carboxylic acids is 1. The Morgan fingerprint density at radius 1 is 1.46 bits per heavy atom. The lowest BCUT2D eigenvalue weighted by atomic mass is 10.2. The third-order valence-electron chi connectivity index (χ3n) is 2.47. The first-order valence-corrected chi connectivity index (χ1v) is 4.56. The van der Waals surface area contributed by atoms with Crippen molar-refractivity contribution >= 4 is 11.9 Å². The smallest absolute Gasteiger partial charge is 0.329 e. The maximum absolute atomic E-state index is 11.2.